The molecule has 0 saturated heterocycles. The number of ether oxygens (including phenoxy) is 2. The summed E-state index contributed by atoms with van der Waals surface area (Å²) in [7, 11) is 0. The molecule has 9 nitrogen and oxygen atoms in total. The van der Waals surface area contributed by atoms with Gasteiger partial charge in [-0.25, -0.2) is 4.79 Å². The number of amides is 2. The molecule has 0 radical (unpaired) electrons. The first-order chi connectivity index (χ1) is 13.6. The standard InChI is InChI=1S/C19H20N6O3/c1-3-24(11-14-7-8-17-18(9-14)28-12-27-17)19(26)20-15-5-4-6-16(10-15)25-13(2)21-22-23-25/h4-10H,3,11-12H2,1-2H3,(H,20,26). The molecule has 2 aromatic carbocycles. The Kier molecular flexibility index (Phi) is 4.79. The predicted octanol–water partition coefficient (Wildman–Crippen LogP) is 2.75. The quantitative estimate of drug-likeness (QED) is 0.731. The summed E-state index contributed by atoms with van der Waals surface area (Å²) in [5, 5.41) is 14.4. The van der Waals surface area contributed by atoms with Gasteiger partial charge in [0.05, 0.1) is 5.69 Å². The minimum absolute atomic E-state index is 0.189. The summed E-state index contributed by atoms with van der Waals surface area (Å²) in [4.78, 5) is 14.5. The number of aromatic nitrogens is 4. The van der Waals surface area contributed by atoms with Gasteiger partial charge in [0, 0.05) is 18.8 Å². The van der Waals surface area contributed by atoms with Gasteiger partial charge in [-0.2, -0.15) is 4.68 Å². The summed E-state index contributed by atoms with van der Waals surface area (Å²) in [6, 6.07) is 12.9. The van der Waals surface area contributed by atoms with Crippen LogP contribution < -0.4 is 14.8 Å². The summed E-state index contributed by atoms with van der Waals surface area (Å²) in [6.45, 7) is 5.01. The maximum Gasteiger partial charge on any atom is 0.322 e. The highest BCUT2D eigenvalue weighted by atomic mass is 16.7. The number of nitrogens with one attached hydrogen (secondary N) is 1. The van der Waals surface area contributed by atoms with Crippen LogP contribution in [0.1, 0.15) is 18.3 Å². The van der Waals surface area contributed by atoms with E-state index in [-0.39, 0.29) is 12.8 Å². The van der Waals surface area contributed by atoms with Crippen LogP contribution in [0.5, 0.6) is 11.5 Å². The molecule has 1 N–H and O–H groups in total. The largest absolute Gasteiger partial charge is 0.454 e. The zero-order chi connectivity index (χ0) is 19.5. The average molecular weight is 380 g/mol. The van der Waals surface area contributed by atoms with Gasteiger partial charge < -0.3 is 19.7 Å². The van der Waals surface area contributed by atoms with Crippen molar-refractivity contribution >= 4 is 11.7 Å². The minimum Gasteiger partial charge on any atom is -0.454 e. The van der Waals surface area contributed by atoms with Crippen LogP contribution in [0.15, 0.2) is 42.5 Å². The van der Waals surface area contributed by atoms with E-state index in [1.54, 1.807) is 9.58 Å². The number of carbonyl (C=O) groups is 1. The number of anilines is 1. The van der Waals surface area contributed by atoms with Gasteiger partial charge in [0.2, 0.25) is 6.79 Å². The molecule has 3 aromatic rings. The highest BCUT2D eigenvalue weighted by molar-refractivity contribution is 5.89. The van der Waals surface area contributed by atoms with E-state index >= 15 is 0 Å². The molecule has 0 atom stereocenters. The Morgan fingerprint density at radius 2 is 2.07 bits per heavy atom. The molecule has 0 bridgehead atoms. The first-order valence-corrected chi connectivity index (χ1v) is 8.94. The molecule has 0 unspecified atom stereocenters. The molecule has 4 rings (SSSR count). The van der Waals surface area contributed by atoms with Crippen molar-refractivity contribution in [3.63, 3.8) is 0 Å². The van der Waals surface area contributed by atoms with Gasteiger partial charge in [-0.1, -0.05) is 12.1 Å². The number of carbonyl (C=O) groups excluding carboxylic acids is 1. The Morgan fingerprint density at radius 3 is 2.86 bits per heavy atom. The molecular formula is C19H20N6O3. The lowest BCUT2D eigenvalue weighted by Crippen LogP contribution is -2.34. The van der Waals surface area contributed by atoms with Crippen LogP contribution in [0.25, 0.3) is 5.69 Å². The van der Waals surface area contributed by atoms with Crippen LogP contribution in [0.3, 0.4) is 0 Å². The van der Waals surface area contributed by atoms with Crippen molar-refractivity contribution in [2.75, 3.05) is 18.7 Å². The fraction of sp³-hybridized carbons (Fsp3) is 0.263. The van der Waals surface area contributed by atoms with E-state index in [1.807, 2.05) is 56.3 Å². The number of hydrogen-bond acceptors (Lipinski definition) is 6. The van der Waals surface area contributed by atoms with Crippen LogP contribution in [0.4, 0.5) is 10.5 Å². The van der Waals surface area contributed by atoms with E-state index in [2.05, 4.69) is 20.8 Å². The van der Waals surface area contributed by atoms with Gasteiger partial charge in [-0.15, -0.1) is 5.10 Å². The molecule has 0 aliphatic carbocycles. The van der Waals surface area contributed by atoms with Crippen LogP contribution in [0, 0.1) is 6.92 Å². The van der Waals surface area contributed by atoms with Crippen LogP contribution in [-0.4, -0.2) is 44.5 Å². The third-order valence-corrected chi connectivity index (χ3v) is 4.45. The van der Waals surface area contributed by atoms with E-state index < -0.39 is 0 Å². The second-order valence-electron chi connectivity index (χ2n) is 6.32. The molecule has 2 amide bonds. The number of benzene rings is 2. The van der Waals surface area contributed by atoms with Crippen molar-refractivity contribution in [1.82, 2.24) is 25.1 Å². The van der Waals surface area contributed by atoms with Gasteiger partial charge in [0.25, 0.3) is 0 Å². The Bertz CT molecular complexity index is 1000. The van der Waals surface area contributed by atoms with E-state index in [9.17, 15) is 4.79 Å². The van der Waals surface area contributed by atoms with E-state index in [4.69, 9.17) is 9.47 Å². The van der Waals surface area contributed by atoms with Crippen molar-refractivity contribution in [3.8, 4) is 17.2 Å². The first kappa shape index (κ1) is 17.8. The van der Waals surface area contributed by atoms with Crippen molar-refractivity contribution in [3.05, 3.63) is 53.9 Å². The van der Waals surface area contributed by atoms with Crippen molar-refractivity contribution in [1.29, 1.82) is 0 Å². The topological polar surface area (TPSA) is 94.4 Å². The van der Waals surface area contributed by atoms with Crippen molar-refractivity contribution in [2.24, 2.45) is 0 Å². The maximum atomic E-state index is 12.8. The van der Waals surface area contributed by atoms with Crippen LogP contribution in [-0.2, 0) is 6.54 Å². The molecule has 2 heterocycles. The molecule has 1 aliphatic rings. The molecule has 9 heteroatoms. The van der Waals surface area contributed by atoms with Gasteiger partial charge in [-0.05, 0) is 60.2 Å². The number of rotatable bonds is 5. The normalized spacial score (nSPS) is 12.1. The van der Waals surface area contributed by atoms with Gasteiger partial charge in [0.15, 0.2) is 17.3 Å². The van der Waals surface area contributed by atoms with Gasteiger partial charge >= 0.3 is 6.03 Å². The highest BCUT2D eigenvalue weighted by Gasteiger charge is 2.17. The summed E-state index contributed by atoms with van der Waals surface area (Å²) in [5.41, 5.74) is 2.42. The van der Waals surface area contributed by atoms with Gasteiger partial charge in [-0.3, -0.25) is 0 Å². The number of fused-ring (bicyclic) bond motifs is 1. The van der Waals surface area contributed by atoms with Gasteiger partial charge in [0.1, 0.15) is 0 Å². The number of nitrogens with zero attached hydrogens (tertiary/aromatic N) is 5. The van der Waals surface area contributed by atoms with Crippen molar-refractivity contribution in [2.45, 2.75) is 20.4 Å². The second kappa shape index (κ2) is 7.55. The van der Waals surface area contributed by atoms with E-state index in [0.29, 0.717) is 30.4 Å². The number of tetrazole rings is 1. The Balaban J connectivity index is 1.47. The van der Waals surface area contributed by atoms with Crippen LogP contribution in [0.2, 0.25) is 0 Å². The molecule has 0 fully saturated rings. The second-order valence-corrected chi connectivity index (χ2v) is 6.32. The summed E-state index contributed by atoms with van der Waals surface area (Å²) < 4.78 is 12.4. The molecule has 1 aromatic heterocycles. The fourth-order valence-electron chi connectivity index (χ4n) is 2.98. The van der Waals surface area contributed by atoms with Crippen molar-refractivity contribution < 1.29 is 14.3 Å². The summed E-state index contributed by atoms with van der Waals surface area (Å²) in [5.74, 6) is 2.10. The predicted molar refractivity (Wildman–Crippen MR) is 102 cm³/mol. The molecule has 1 aliphatic heterocycles. The number of urea groups is 1. The zero-order valence-electron chi connectivity index (χ0n) is 15.6. The lowest BCUT2D eigenvalue weighted by Gasteiger charge is -2.22. The molecular weight excluding hydrogens is 360 g/mol. The fourth-order valence-corrected chi connectivity index (χ4v) is 2.98. The van der Waals surface area contributed by atoms with E-state index in [1.165, 1.54) is 0 Å². The summed E-state index contributed by atoms with van der Waals surface area (Å²) >= 11 is 0. The Morgan fingerprint density at radius 1 is 1.21 bits per heavy atom. The zero-order valence-corrected chi connectivity index (χ0v) is 15.6. The molecule has 28 heavy (non-hydrogen) atoms. The lowest BCUT2D eigenvalue weighted by atomic mass is 10.2. The first-order valence-electron chi connectivity index (χ1n) is 8.94. The molecule has 0 saturated carbocycles. The third-order valence-electron chi connectivity index (χ3n) is 4.45. The van der Waals surface area contributed by atoms with Crippen LogP contribution >= 0.6 is 0 Å². The smallest absolute Gasteiger partial charge is 0.322 e. The lowest BCUT2D eigenvalue weighted by molar-refractivity contribution is 0.174. The monoisotopic (exact) mass is 380 g/mol. The highest BCUT2D eigenvalue weighted by Crippen LogP contribution is 2.32. The SMILES string of the molecule is CCN(Cc1ccc2c(c1)OCO2)C(=O)Nc1cccc(-n2nnnc2C)c1. The average Bonchev–Trinajstić information content (AvgIpc) is 3.34. The maximum absolute atomic E-state index is 12.8. The molecule has 144 valence electrons. The Labute approximate surface area is 161 Å². The number of hydrogen-bond donors (Lipinski definition) is 1. The minimum atomic E-state index is -0.189. The third kappa shape index (κ3) is 3.59. The molecule has 0 spiro atoms. The van der Waals surface area contributed by atoms with E-state index in [0.717, 1.165) is 17.0 Å². The number of aryl methyl sites for hydroxylation is 1. The Hall–Kier alpha value is -3.62. The summed E-state index contributed by atoms with van der Waals surface area (Å²) in [6.07, 6.45) is 0.